The molecule has 4 aromatic heterocycles. The van der Waals surface area contributed by atoms with Gasteiger partial charge in [-0.2, -0.15) is 9.97 Å². The van der Waals surface area contributed by atoms with E-state index in [-0.39, 0.29) is 0 Å². The maximum Gasteiger partial charge on any atom is 0.238 e. The summed E-state index contributed by atoms with van der Waals surface area (Å²) in [7, 11) is 0. The quantitative estimate of drug-likeness (QED) is 0.0854. The molecule has 0 amide bonds. The molecule has 0 fully saturated rings. The van der Waals surface area contributed by atoms with Crippen molar-refractivity contribution in [2.45, 2.75) is 64.5 Å². The van der Waals surface area contributed by atoms with Crippen LogP contribution in [-0.2, 0) is 38.8 Å². The second-order valence-corrected chi connectivity index (χ2v) is 21.0. The van der Waals surface area contributed by atoms with Crippen molar-refractivity contribution in [1.29, 1.82) is 0 Å². The minimum absolute atomic E-state index is 0.652. The van der Waals surface area contributed by atoms with E-state index in [2.05, 4.69) is 256 Å². The van der Waals surface area contributed by atoms with E-state index in [0.717, 1.165) is 86.9 Å². The summed E-state index contributed by atoms with van der Waals surface area (Å²) < 4.78 is 7.27. The smallest absolute Gasteiger partial charge is 0.238 e. The predicted octanol–water partition coefficient (Wildman–Crippen LogP) is 18.0. The van der Waals surface area contributed by atoms with E-state index in [1.165, 1.54) is 93.3 Å². The molecule has 0 aliphatic carbocycles. The molecule has 0 N–H and O–H groups in total. The zero-order chi connectivity index (χ0) is 52.5. The molecule has 0 spiro atoms. The lowest BCUT2D eigenvalue weighted by molar-refractivity contribution is 0.649. The maximum absolute atomic E-state index is 5.52. The molecule has 0 atom stereocenters. The lowest BCUT2D eigenvalue weighted by Crippen LogP contribution is -2.10. The number of nitrogens with zero attached hydrogens (tertiary/aromatic N) is 6. The van der Waals surface area contributed by atoms with Crippen LogP contribution in [0.25, 0.3) is 105 Å². The zero-order valence-electron chi connectivity index (χ0n) is 44.3. The topological polar surface area (TPSA) is 53.5 Å². The Morgan fingerprint density at radius 1 is 0.278 bits per heavy atom. The van der Waals surface area contributed by atoms with E-state index >= 15 is 0 Å². The number of fused-ring (bicyclic) bond motifs is 9. The summed E-state index contributed by atoms with van der Waals surface area (Å²) in [6.07, 6.45) is 7.67. The maximum atomic E-state index is 5.52. The summed E-state index contributed by atoms with van der Waals surface area (Å²) in [5.74, 6) is 2.18. The van der Waals surface area contributed by atoms with Crippen LogP contribution in [0.4, 0.5) is 0 Å². The number of hydrogen-bond acceptors (Lipinski definition) is 3. The number of hydrogen-bond donors (Lipinski definition) is 0. The minimum atomic E-state index is 0.652. The first-order valence-corrected chi connectivity index (χ1v) is 28.2. The number of aromatic nitrogens is 6. The summed E-state index contributed by atoms with van der Waals surface area (Å²) in [5, 5.41) is 7.57. The lowest BCUT2D eigenvalue weighted by atomic mass is 9.90. The van der Waals surface area contributed by atoms with Gasteiger partial charge in [-0.05, 0) is 114 Å². The Hall–Kier alpha value is -9.39. The standard InChI is InChI=1S/C73H60N6/c1-4-25-51(26-5-1)54-37-22-30-53(55(54)40-24-49-77-65-41-16-10-31-58(65)59-32-11-17-42-66(59)77)29-8-3-9-47-71-74-72(76-73(75-71)79-69-45-20-14-35-62(69)63-36-15-21-46-70(63)79)64-39-23-38-56(52-27-6-2-7-28-52)57(64)48-50-78-67-43-18-12-33-60(67)61-34-13-19-44-68(61)78/h1-2,4-7,10-23,25-28,30-39,41-46H,3,8-9,24,29,40,47-50H2. The number of unbranched alkanes of at least 4 members (excludes halogenated alkanes) is 2. The second kappa shape index (κ2) is 21.2. The molecule has 0 saturated carbocycles. The third-order valence-corrected chi connectivity index (χ3v) is 16.4. The Balaban J connectivity index is 0.791. The summed E-state index contributed by atoms with van der Waals surface area (Å²) in [6, 6.07) is 88.0. The highest BCUT2D eigenvalue weighted by atomic mass is 15.2. The highest BCUT2D eigenvalue weighted by molar-refractivity contribution is 6.10. The van der Waals surface area contributed by atoms with Gasteiger partial charge in [0.2, 0.25) is 5.95 Å². The monoisotopic (exact) mass is 1020 g/mol. The van der Waals surface area contributed by atoms with Crippen molar-refractivity contribution in [2.75, 3.05) is 0 Å². The van der Waals surface area contributed by atoms with Crippen molar-refractivity contribution in [2.24, 2.45) is 0 Å². The first-order chi connectivity index (χ1) is 39.2. The summed E-state index contributed by atoms with van der Waals surface area (Å²) in [4.78, 5) is 16.4. The molecule has 382 valence electrons. The van der Waals surface area contributed by atoms with Crippen molar-refractivity contribution in [1.82, 2.24) is 28.7 Å². The van der Waals surface area contributed by atoms with Crippen molar-refractivity contribution in [3.63, 3.8) is 0 Å². The molecule has 0 bridgehead atoms. The van der Waals surface area contributed by atoms with Crippen LogP contribution in [0.5, 0.6) is 0 Å². The SMILES string of the molecule is c1ccc(-c2cccc(CCCCCc3nc(-c4cccc(-c5ccccc5)c4CCn4c5ccccc5c5ccccc54)nc(-n4c5ccccc5c5ccccc54)n3)c2CCCn2c3ccccc3c3ccccc32)cc1. The molecule has 4 heterocycles. The van der Waals surface area contributed by atoms with Crippen LogP contribution in [0.3, 0.4) is 0 Å². The molecular formula is C73H60N6. The van der Waals surface area contributed by atoms with Gasteiger partial charge in [0.05, 0.1) is 11.0 Å². The molecule has 6 heteroatoms. The predicted molar refractivity (Wildman–Crippen MR) is 329 cm³/mol. The van der Waals surface area contributed by atoms with Crippen molar-refractivity contribution < 1.29 is 0 Å². The fourth-order valence-corrected chi connectivity index (χ4v) is 12.8. The Bertz CT molecular complexity index is 4350. The normalized spacial score (nSPS) is 11.8. The van der Waals surface area contributed by atoms with Crippen LogP contribution in [0.2, 0.25) is 0 Å². The highest BCUT2D eigenvalue weighted by Crippen LogP contribution is 2.37. The third kappa shape index (κ3) is 9.03. The number of para-hydroxylation sites is 6. The molecule has 14 rings (SSSR count). The molecule has 0 aliphatic heterocycles. The van der Waals surface area contributed by atoms with Gasteiger partial charge in [-0.25, -0.2) is 4.98 Å². The van der Waals surface area contributed by atoms with Gasteiger partial charge in [0.15, 0.2) is 5.82 Å². The van der Waals surface area contributed by atoms with Gasteiger partial charge in [0.25, 0.3) is 0 Å². The van der Waals surface area contributed by atoms with Gasteiger partial charge in [0.1, 0.15) is 5.82 Å². The second-order valence-electron chi connectivity index (χ2n) is 21.0. The van der Waals surface area contributed by atoms with Gasteiger partial charge in [-0.15, -0.1) is 0 Å². The Morgan fingerprint density at radius 2 is 0.709 bits per heavy atom. The summed E-state index contributed by atoms with van der Waals surface area (Å²) in [5.41, 5.74) is 17.5. The molecule has 0 saturated heterocycles. The van der Waals surface area contributed by atoms with E-state index in [9.17, 15) is 0 Å². The molecular weight excluding hydrogens is 961 g/mol. The van der Waals surface area contributed by atoms with Gasteiger partial charge in [-0.3, -0.25) is 4.57 Å². The van der Waals surface area contributed by atoms with Crippen molar-refractivity contribution in [3.8, 4) is 39.6 Å². The molecule has 0 unspecified atom stereocenters. The van der Waals surface area contributed by atoms with Crippen LogP contribution < -0.4 is 0 Å². The number of benzene rings is 10. The molecule has 14 aromatic rings. The van der Waals surface area contributed by atoms with Gasteiger partial charge in [0, 0.05) is 79.5 Å². The minimum Gasteiger partial charge on any atom is -0.340 e. The van der Waals surface area contributed by atoms with Crippen LogP contribution in [0, 0.1) is 0 Å². The van der Waals surface area contributed by atoms with E-state index < -0.39 is 0 Å². The fraction of sp³-hybridized carbons (Fsp3) is 0.137. The van der Waals surface area contributed by atoms with Crippen LogP contribution in [-0.4, -0.2) is 28.7 Å². The number of rotatable bonds is 17. The van der Waals surface area contributed by atoms with Gasteiger partial charge < -0.3 is 9.13 Å². The third-order valence-electron chi connectivity index (χ3n) is 16.4. The molecule has 79 heavy (non-hydrogen) atoms. The van der Waals surface area contributed by atoms with Crippen LogP contribution in [0.1, 0.15) is 48.2 Å². The fourth-order valence-electron chi connectivity index (χ4n) is 12.8. The molecule has 10 aromatic carbocycles. The molecule has 0 radical (unpaired) electrons. The highest BCUT2D eigenvalue weighted by Gasteiger charge is 2.21. The zero-order valence-corrected chi connectivity index (χ0v) is 44.3. The Morgan fingerprint density at radius 3 is 1.25 bits per heavy atom. The van der Waals surface area contributed by atoms with Crippen molar-refractivity contribution in [3.05, 3.63) is 265 Å². The molecule has 6 nitrogen and oxygen atoms in total. The molecule has 0 aliphatic rings. The van der Waals surface area contributed by atoms with E-state index in [1.807, 2.05) is 0 Å². The summed E-state index contributed by atoms with van der Waals surface area (Å²) in [6.45, 7) is 1.75. The first-order valence-electron chi connectivity index (χ1n) is 28.2. The Kier molecular flexibility index (Phi) is 12.9. The van der Waals surface area contributed by atoms with E-state index in [1.54, 1.807) is 0 Å². The lowest BCUT2D eigenvalue weighted by Gasteiger charge is -2.17. The average molecular weight is 1020 g/mol. The Labute approximate surface area is 460 Å². The first kappa shape index (κ1) is 48.0. The van der Waals surface area contributed by atoms with E-state index in [0.29, 0.717) is 11.8 Å². The van der Waals surface area contributed by atoms with Crippen molar-refractivity contribution >= 4 is 65.4 Å². The van der Waals surface area contributed by atoms with Gasteiger partial charge in [-0.1, -0.05) is 213 Å². The average Bonchev–Trinajstić information content (AvgIpc) is 4.35. The number of aryl methyl sites for hydroxylation is 4. The largest absolute Gasteiger partial charge is 0.340 e. The van der Waals surface area contributed by atoms with Gasteiger partial charge >= 0.3 is 0 Å². The van der Waals surface area contributed by atoms with E-state index in [4.69, 9.17) is 15.0 Å². The van der Waals surface area contributed by atoms with Crippen LogP contribution in [0.15, 0.2) is 243 Å². The summed E-state index contributed by atoms with van der Waals surface area (Å²) >= 11 is 0. The van der Waals surface area contributed by atoms with Crippen LogP contribution >= 0.6 is 0 Å².